The van der Waals surface area contributed by atoms with Gasteiger partial charge in [-0.05, 0) is 52.4 Å². The fourth-order valence-corrected chi connectivity index (χ4v) is 4.05. The molecule has 0 bridgehead atoms. The van der Waals surface area contributed by atoms with Gasteiger partial charge in [-0.1, -0.05) is 59.8 Å². The zero-order chi connectivity index (χ0) is 21.2. The van der Waals surface area contributed by atoms with E-state index in [0.29, 0.717) is 17.9 Å². The van der Waals surface area contributed by atoms with Crippen molar-refractivity contribution in [1.82, 2.24) is 25.2 Å². The molecule has 0 fully saturated rings. The molecule has 0 radical (unpaired) electrons. The van der Waals surface area contributed by atoms with Crippen molar-refractivity contribution in [3.05, 3.63) is 93.7 Å². The van der Waals surface area contributed by atoms with E-state index in [1.807, 2.05) is 59.3 Å². The van der Waals surface area contributed by atoms with Gasteiger partial charge in [0.15, 0.2) is 5.82 Å². The Bertz CT molecular complexity index is 1360. The molecular weight excluding hydrogens is 503 g/mol. The van der Waals surface area contributed by atoms with Crippen LogP contribution in [0.1, 0.15) is 15.9 Å². The average Bonchev–Trinajstić information content (AvgIpc) is 3.38. The fraction of sp³-hybridized carbons (Fsp3) is 0.0435. The van der Waals surface area contributed by atoms with E-state index in [9.17, 15) is 4.79 Å². The summed E-state index contributed by atoms with van der Waals surface area (Å²) in [6.07, 6.45) is 0. The third-order valence-corrected chi connectivity index (χ3v) is 6.02. The summed E-state index contributed by atoms with van der Waals surface area (Å²) in [7, 11) is 0. The number of H-pyrrole nitrogens is 1. The number of aromatic amines is 1. The topological polar surface area (TPSA) is 88.5 Å². The molecule has 1 amide bonds. The number of rotatable bonds is 5. The van der Waals surface area contributed by atoms with Crippen molar-refractivity contribution in [1.29, 1.82) is 0 Å². The van der Waals surface area contributed by atoms with Crippen LogP contribution < -0.4 is 5.32 Å². The summed E-state index contributed by atoms with van der Waals surface area (Å²) < 4.78 is 2.82. The number of halogens is 1. The summed E-state index contributed by atoms with van der Waals surface area (Å²) in [5, 5.41) is 19.7. The van der Waals surface area contributed by atoms with Crippen LogP contribution in [0.2, 0.25) is 0 Å². The lowest BCUT2D eigenvalue weighted by atomic mass is 10.1. The minimum Gasteiger partial charge on any atom is -0.305 e. The number of nitrogens with one attached hydrogen (secondary N) is 2. The summed E-state index contributed by atoms with van der Waals surface area (Å²) in [5.74, 6) is 0.278. The Morgan fingerprint density at radius 2 is 1.74 bits per heavy atom. The molecule has 0 aliphatic rings. The quantitative estimate of drug-likeness (QED) is 0.328. The summed E-state index contributed by atoms with van der Waals surface area (Å²) in [6.45, 7) is 0.651. The van der Waals surface area contributed by atoms with Crippen molar-refractivity contribution in [2.24, 2.45) is 0 Å². The molecule has 2 aromatic heterocycles. The van der Waals surface area contributed by atoms with E-state index in [1.54, 1.807) is 12.1 Å². The molecule has 3 aromatic carbocycles. The van der Waals surface area contributed by atoms with Crippen LogP contribution in [-0.2, 0) is 6.54 Å². The van der Waals surface area contributed by atoms with E-state index in [-0.39, 0.29) is 5.91 Å². The molecular formula is C23H17IN6O. The normalized spacial score (nSPS) is 11.0. The lowest BCUT2D eigenvalue weighted by Crippen LogP contribution is -2.12. The minimum atomic E-state index is -0.206. The number of hydrogen-bond acceptors (Lipinski definition) is 4. The highest BCUT2D eigenvalue weighted by atomic mass is 127. The highest BCUT2D eigenvalue weighted by Crippen LogP contribution is 2.29. The molecule has 152 valence electrons. The lowest BCUT2D eigenvalue weighted by Gasteiger charge is -2.04. The Kier molecular flexibility index (Phi) is 5.21. The third-order valence-electron chi connectivity index (χ3n) is 4.95. The molecule has 5 aromatic rings. The van der Waals surface area contributed by atoms with Crippen molar-refractivity contribution < 1.29 is 4.79 Å². The van der Waals surface area contributed by atoms with Crippen molar-refractivity contribution in [3.8, 4) is 11.3 Å². The molecule has 0 spiro atoms. The van der Waals surface area contributed by atoms with Crippen LogP contribution in [0.15, 0.2) is 78.9 Å². The van der Waals surface area contributed by atoms with Gasteiger partial charge in [0, 0.05) is 16.5 Å². The van der Waals surface area contributed by atoms with E-state index < -0.39 is 0 Å². The van der Waals surface area contributed by atoms with Crippen LogP contribution in [0.4, 0.5) is 5.82 Å². The Labute approximate surface area is 191 Å². The predicted octanol–water partition coefficient (Wildman–Crippen LogP) is 4.73. The number of nitrogens with zero attached hydrogens (tertiary/aromatic N) is 4. The van der Waals surface area contributed by atoms with Crippen LogP contribution in [0, 0.1) is 3.70 Å². The number of anilines is 1. The Hall–Kier alpha value is -3.53. The SMILES string of the molecule is O=C(Nc1n[nH]c2ccc(-c3nnn(Cc4ccccc4)c3I)cc12)c1ccccc1. The first-order valence-corrected chi connectivity index (χ1v) is 10.7. The van der Waals surface area contributed by atoms with Crippen LogP contribution in [-0.4, -0.2) is 31.1 Å². The number of amides is 1. The van der Waals surface area contributed by atoms with E-state index in [1.165, 1.54) is 0 Å². The van der Waals surface area contributed by atoms with Crippen LogP contribution in [0.3, 0.4) is 0 Å². The maximum Gasteiger partial charge on any atom is 0.256 e. The first-order valence-electron chi connectivity index (χ1n) is 9.67. The molecule has 2 N–H and O–H groups in total. The van der Waals surface area contributed by atoms with E-state index in [2.05, 4.69) is 60.5 Å². The maximum atomic E-state index is 12.5. The van der Waals surface area contributed by atoms with Gasteiger partial charge in [-0.3, -0.25) is 9.89 Å². The summed E-state index contributed by atoms with van der Waals surface area (Å²) in [4.78, 5) is 12.5. The largest absolute Gasteiger partial charge is 0.305 e. The summed E-state index contributed by atoms with van der Waals surface area (Å²) >= 11 is 2.27. The zero-order valence-electron chi connectivity index (χ0n) is 16.3. The van der Waals surface area contributed by atoms with Gasteiger partial charge < -0.3 is 5.32 Å². The molecule has 0 aliphatic carbocycles. The number of hydrogen-bond donors (Lipinski definition) is 2. The number of carbonyl (C=O) groups excluding carboxylic acids is 1. The van der Waals surface area contributed by atoms with Gasteiger partial charge in [0.05, 0.1) is 12.1 Å². The van der Waals surface area contributed by atoms with Gasteiger partial charge in [0.25, 0.3) is 5.91 Å². The molecule has 0 aliphatic heterocycles. The Morgan fingerprint density at radius 3 is 2.52 bits per heavy atom. The van der Waals surface area contributed by atoms with Gasteiger partial charge in [0.2, 0.25) is 0 Å². The van der Waals surface area contributed by atoms with Gasteiger partial charge >= 0.3 is 0 Å². The average molecular weight is 520 g/mol. The van der Waals surface area contributed by atoms with E-state index in [4.69, 9.17) is 0 Å². The molecule has 0 unspecified atom stereocenters. The second kappa shape index (κ2) is 8.31. The van der Waals surface area contributed by atoms with Crippen molar-refractivity contribution in [2.45, 2.75) is 6.54 Å². The zero-order valence-corrected chi connectivity index (χ0v) is 18.4. The molecule has 8 heteroatoms. The lowest BCUT2D eigenvalue weighted by molar-refractivity contribution is 0.102. The second-order valence-corrected chi connectivity index (χ2v) is 8.05. The highest BCUT2D eigenvalue weighted by molar-refractivity contribution is 14.1. The first-order chi connectivity index (χ1) is 15.2. The Balaban J connectivity index is 1.45. The van der Waals surface area contributed by atoms with Crippen LogP contribution in [0.25, 0.3) is 22.2 Å². The second-order valence-electron chi connectivity index (χ2n) is 7.02. The molecule has 0 saturated carbocycles. The van der Waals surface area contributed by atoms with Gasteiger partial charge in [-0.2, -0.15) is 5.10 Å². The molecule has 0 saturated heterocycles. The monoisotopic (exact) mass is 520 g/mol. The van der Waals surface area contributed by atoms with Crippen molar-refractivity contribution >= 4 is 45.2 Å². The first kappa shape index (κ1) is 19.4. The van der Waals surface area contributed by atoms with Gasteiger partial charge in [-0.15, -0.1) is 5.10 Å². The molecule has 2 heterocycles. The number of benzene rings is 3. The molecule has 31 heavy (non-hydrogen) atoms. The molecule has 0 atom stereocenters. The van der Waals surface area contributed by atoms with Gasteiger partial charge in [0.1, 0.15) is 9.39 Å². The number of fused-ring (bicyclic) bond motifs is 1. The maximum absolute atomic E-state index is 12.5. The molecule has 5 rings (SSSR count). The third kappa shape index (κ3) is 3.93. The molecule has 7 nitrogen and oxygen atoms in total. The van der Waals surface area contributed by atoms with E-state index in [0.717, 1.165) is 31.4 Å². The standard InChI is InChI=1S/C23H17IN6O/c24-21-20(27-29-30(21)14-15-7-3-1-4-8-15)17-11-12-19-18(13-17)22(28-26-19)25-23(31)16-9-5-2-6-10-16/h1-13H,14H2,(H2,25,26,28,31). The van der Waals surface area contributed by atoms with E-state index >= 15 is 0 Å². The predicted molar refractivity (Wildman–Crippen MR) is 128 cm³/mol. The van der Waals surface area contributed by atoms with Crippen molar-refractivity contribution in [3.63, 3.8) is 0 Å². The number of carbonyl (C=O) groups is 1. The minimum absolute atomic E-state index is 0.206. The van der Waals surface area contributed by atoms with Crippen LogP contribution in [0.5, 0.6) is 0 Å². The number of aromatic nitrogens is 5. The summed E-state index contributed by atoms with van der Waals surface area (Å²) in [5.41, 5.74) is 4.27. The van der Waals surface area contributed by atoms with Crippen molar-refractivity contribution in [2.75, 3.05) is 5.32 Å². The fourth-order valence-electron chi connectivity index (χ4n) is 3.36. The Morgan fingerprint density at radius 1 is 1.00 bits per heavy atom. The highest BCUT2D eigenvalue weighted by Gasteiger charge is 2.16. The van der Waals surface area contributed by atoms with Gasteiger partial charge in [-0.25, -0.2) is 4.68 Å². The smallest absolute Gasteiger partial charge is 0.256 e. The van der Waals surface area contributed by atoms with Crippen LogP contribution >= 0.6 is 22.6 Å². The summed E-state index contributed by atoms with van der Waals surface area (Å²) in [6, 6.07) is 25.1.